The molecule has 0 aliphatic carbocycles. The monoisotopic (exact) mass is 378 g/mol. The van der Waals surface area contributed by atoms with Gasteiger partial charge in [0.05, 0.1) is 0 Å². The highest BCUT2D eigenvalue weighted by molar-refractivity contribution is 5.89. The molecule has 1 aromatic heterocycles. The molecule has 2 amide bonds. The van der Waals surface area contributed by atoms with Crippen LogP contribution in [0.4, 0.5) is 16.3 Å². The Morgan fingerprint density at radius 1 is 1.14 bits per heavy atom. The molecule has 1 N–H and O–H groups in total. The summed E-state index contributed by atoms with van der Waals surface area (Å²) in [6.45, 7) is 7.01. The molecule has 7 nitrogen and oxygen atoms in total. The number of aromatic nitrogens is 2. The second-order valence-corrected chi connectivity index (χ2v) is 7.10. The highest BCUT2D eigenvalue weighted by Crippen LogP contribution is 2.22. The van der Waals surface area contributed by atoms with Gasteiger partial charge in [-0.15, -0.1) is 10.2 Å². The first-order valence-corrected chi connectivity index (χ1v) is 9.75. The third kappa shape index (κ3) is 4.77. The van der Waals surface area contributed by atoms with E-state index in [1.165, 1.54) is 18.4 Å². The number of hydrogen-bond donors (Lipinski definition) is 1. The maximum absolute atomic E-state index is 12.5. The maximum atomic E-state index is 12.5. The molecule has 1 aromatic carbocycles. The van der Waals surface area contributed by atoms with E-state index in [0.717, 1.165) is 11.5 Å². The summed E-state index contributed by atoms with van der Waals surface area (Å²) in [5, 5.41) is 19.7. The van der Waals surface area contributed by atoms with Crippen molar-refractivity contribution in [1.82, 2.24) is 15.1 Å². The van der Waals surface area contributed by atoms with Crippen LogP contribution in [0.1, 0.15) is 43.9 Å². The third-order valence-corrected chi connectivity index (χ3v) is 5.11. The SMILES string of the molecule is CCCC(C)c1ccc(NC(=O)N2CCN(c3ccc(C#N)nn3)CC2)cc1. The lowest BCUT2D eigenvalue weighted by Crippen LogP contribution is -2.50. The van der Waals surface area contributed by atoms with Crippen LogP contribution in [0.5, 0.6) is 0 Å². The van der Waals surface area contributed by atoms with Gasteiger partial charge in [-0.25, -0.2) is 4.79 Å². The molecule has 146 valence electrons. The minimum absolute atomic E-state index is 0.0834. The van der Waals surface area contributed by atoms with Crippen LogP contribution in [0.2, 0.25) is 0 Å². The Labute approximate surface area is 166 Å². The van der Waals surface area contributed by atoms with Crippen LogP contribution in [0, 0.1) is 11.3 Å². The van der Waals surface area contributed by atoms with E-state index in [0.29, 0.717) is 37.8 Å². The number of anilines is 2. The largest absolute Gasteiger partial charge is 0.352 e. The number of amides is 2. The van der Waals surface area contributed by atoms with E-state index in [1.807, 2.05) is 18.2 Å². The quantitative estimate of drug-likeness (QED) is 0.859. The smallest absolute Gasteiger partial charge is 0.321 e. The Morgan fingerprint density at radius 2 is 1.86 bits per heavy atom. The molecule has 2 heterocycles. The molecule has 2 aromatic rings. The molecule has 28 heavy (non-hydrogen) atoms. The molecule has 0 spiro atoms. The molecular weight excluding hydrogens is 352 g/mol. The van der Waals surface area contributed by atoms with Gasteiger partial charge in [0.15, 0.2) is 11.5 Å². The van der Waals surface area contributed by atoms with E-state index in [1.54, 1.807) is 17.0 Å². The van der Waals surface area contributed by atoms with E-state index >= 15 is 0 Å². The minimum atomic E-state index is -0.0834. The van der Waals surface area contributed by atoms with Gasteiger partial charge in [-0.2, -0.15) is 5.26 Å². The summed E-state index contributed by atoms with van der Waals surface area (Å²) in [5.41, 5.74) is 2.42. The number of carbonyl (C=O) groups is 1. The molecule has 0 radical (unpaired) electrons. The number of nitrogens with zero attached hydrogens (tertiary/aromatic N) is 5. The first-order valence-electron chi connectivity index (χ1n) is 9.75. The third-order valence-electron chi connectivity index (χ3n) is 5.11. The summed E-state index contributed by atoms with van der Waals surface area (Å²) < 4.78 is 0. The van der Waals surface area contributed by atoms with E-state index in [-0.39, 0.29) is 6.03 Å². The number of benzene rings is 1. The van der Waals surface area contributed by atoms with Crippen molar-refractivity contribution in [1.29, 1.82) is 5.26 Å². The van der Waals surface area contributed by atoms with Crippen molar-refractivity contribution in [2.75, 3.05) is 36.4 Å². The van der Waals surface area contributed by atoms with E-state index < -0.39 is 0 Å². The fourth-order valence-corrected chi connectivity index (χ4v) is 3.39. The first kappa shape index (κ1) is 19.6. The normalized spacial score (nSPS) is 15.0. The molecular formula is C21H26N6O. The molecule has 0 saturated carbocycles. The molecule has 1 unspecified atom stereocenters. The number of piperazine rings is 1. The van der Waals surface area contributed by atoms with Crippen molar-refractivity contribution in [3.63, 3.8) is 0 Å². The fraction of sp³-hybridized carbons (Fsp3) is 0.429. The lowest BCUT2D eigenvalue weighted by molar-refractivity contribution is 0.208. The minimum Gasteiger partial charge on any atom is -0.352 e. The van der Waals surface area contributed by atoms with Gasteiger partial charge in [0, 0.05) is 31.9 Å². The highest BCUT2D eigenvalue weighted by Gasteiger charge is 2.22. The van der Waals surface area contributed by atoms with Crippen LogP contribution in [0.25, 0.3) is 0 Å². The second-order valence-electron chi connectivity index (χ2n) is 7.10. The van der Waals surface area contributed by atoms with Gasteiger partial charge in [-0.1, -0.05) is 32.4 Å². The Hall–Kier alpha value is -3.14. The zero-order valence-electron chi connectivity index (χ0n) is 16.4. The Balaban J connectivity index is 1.51. The van der Waals surface area contributed by atoms with Crippen molar-refractivity contribution in [3.8, 4) is 6.07 Å². The second kappa shape index (κ2) is 9.18. The van der Waals surface area contributed by atoms with Crippen LogP contribution in [-0.4, -0.2) is 47.3 Å². The Bertz CT molecular complexity index is 819. The van der Waals surface area contributed by atoms with Gasteiger partial charge in [0.25, 0.3) is 0 Å². The summed E-state index contributed by atoms with van der Waals surface area (Å²) in [4.78, 5) is 16.4. The average molecular weight is 378 g/mol. The molecule has 1 atom stereocenters. The van der Waals surface area contributed by atoms with Crippen molar-refractivity contribution in [2.24, 2.45) is 0 Å². The predicted octanol–water partition coefficient (Wildman–Crippen LogP) is 3.61. The molecule has 1 aliphatic rings. The maximum Gasteiger partial charge on any atom is 0.321 e. The summed E-state index contributed by atoms with van der Waals surface area (Å²) in [7, 11) is 0. The van der Waals surface area contributed by atoms with Crippen molar-refractivity contribution < 1.29 is 4.79 Å². The van der Waals surface area contributed by atoms with E-state index in [9.17, 15) is 4.79 Å². The summed E-state index contributed by atoms with van der Waals surface area (Å²) in [6.07, 6.45) is 2.33. The van der Waals surface area contributed by atoms with Crippen LogP contribution in [0.15, 0.2) is 36.4 Å². The summed E-state index contributed by atoms with van der Waals surface area (Å²) in [6, 6.07) is 13.5. The molecule has 1 aliphatic heterocycles. The number of urea groups is 1. The van der Waals surface area contributed by atoms with Crippen molar-refractivity contribution >= 4 is 17.5 Å². The topological polar surface area (TPSA) is 85.2 Å². The Kier molecular flexibility index (Phi) is 6.43. The number of carbonyl (C=O) groups excluding carboxylic acids is 1. The average Bonchev–Trinajstić information content (AvgIpc) is 2.74. The number of rotatable bonds is 5. The van der Waals surface area contributed by atoms with Gasteiger partial charge in [-0.05, 0) is 42.2 Å². The zero-order chi connectivity index (χ0) is 19.9. The number of nitriles is 1. The van der Waals surface area contributed by atoms with Crippen molar-refractivity contribution in [3.05, 3.63) is 47.7 Å². The van der Waals surface area contributed by atoms with E-state index in [2.05, 4.69) is 46.4 Å². The van der Waals surface area contributed by atoms with Gasteiger partial charge in [-0.3, -0.25) is 0 Å². The van der Waals surface area contributed by atoms with Crippen LogP contribution >= 0.6 is 0 Å². The van der Waals surface area contributed by atoms with Gasteiger partial charge >= 0.3 is 6.03 Å². The van der Waals surface area contributed by atoms with Gasteiger partial charge in [0.2, 0.25) is 0 Å². The zero-order valence-corrected chi connectivity index (χ0v) is 16.4. The number of hydrogen-bond acceptors (Lipinski definition) is 5. The first-order chi connectivity index (χ1) is 13.6. The number of nitrogens with one attached hydrogen (secondary N) is 1. The molecule has 1 fully saturated rings. The fourth-order valence-electron chi connectivity index (χ4n) is 3.39. The lowest BCUT2D eigenvalue weighted by atomic mass is 9.96. The summed E-state index contributed by atoms with van der Waals surface area (Å²) in [5.74, 6) is 1.27. The van der Waals surface area contributed by atoms with Crippen LogP contribution in [0.3, 0.4) is 0 Å². The molecule has 0 bridgehead atoms. The Morgan fingerprint density at radius 3 is 2.43 bits per heavy atom. The molecule has 1 saturated heterocycles. The van der Waals surface area contributed by atoms with E-state index in [4.69, 9.17) is 5.26 Å². The van der Waals surface area contributed by atoms with Gasteiger partial charge in [0.1, 0.15) is 6.07 Å². The molecule has 3 rings (SSSR count). The lowest BCUT2D eigenvalue weighted by Gasteiger charge is -2.35. The highest BCUT2D eigenvalue weighted by atomic mass is 16.2. The summed E-state index contributed by atoms with van der Waals surface area (Å²) >= 11 is 0. The van der Waals surface area contributed by atoms with Crippen LogP contribution in [-0.2, 0) is 0 Å². The molecule has 7 heteroatoms. The van der Waals surface area contributed by atoms with Crippen LogP contribution < -0.4 is 10.2 Å². The predicted molar refractivity (Wildman–Crippen MR) is 109 cm³/mol. The van der Waals surface area contributed by atoms with Crippen molar-refractivity contribution in [2.45, 2.75) is 32.6 Å². The standard InChI is InChI=1S/C21H26N6O/c1-3-4-16(2)17-5-7-18(8-6-17)23-21(28)27-13-11-26(12-14-27)20-10-9-19(15-22)24-25-20/h5-10,16H,3-4,11-14H2,1-2H3,(H,23,28). The van der Waals surface area contributed by atoms with Gasteiger partial charge < -0.3 is 15.1 Å².